The van der Waals surface area contributed by atoms with E-state index in [1.807, 2.05) is 0 Å². The molecule has 0 heterocycles. The molecular formula is C46H30. The van der Waals surface area contributed by atoms with Crippen LogP contribution in [0.3, 0.4) is 0 Å². The molecule has 9 aromatic rings. The fourth-order valence-electron chi connectivity index (χ4n) is 7.34. The maximum Gasteiger partial charge on any atom is -0.00261 e. The molecule has 0 saturated heterocycles. The molecule has 9 aromatic carbocycles. The lowest BCUT2D eigenvalue weighted by molar-refractivity contribution is 1.61. The number of hydrogen-bond donors (Lipinski definition) is 0. The van der Waals surface area contributed by atoms with E-state index in [2.05, 4.69) is 182 Å². The van der Waals surface area contributed by atoms with E-state index >= 15 is 0 Å². The molecule has 0 N–H and O–H groups in total. The largest absolute Gasteiger partial charge is 0.0622 e. The zero-order chi connectivity index (χ0) is 30.5. The Bertz CT molecular complexity index is 2520. The first-order valence-corrected chi connectivity index (χ1v) is 15.9. The van der Waals surface area contributed by atoms with Crippen molar-refractivity contribution in [2.24, 2.45) is 0 Å². The van der Waals surface area contributed by atoms with E-state index in [9.17, 15) is 0 Å². The molecule has 9 rings (SSSR count). The molecule has 0 aliphatic rings. The van der Waals surface area contributed by atoms with E-state index in [-0.39, 0.29) is 0 Å². The zero-order valence-corrected chi connectivity index (χ0v) is 25.3. The molecule has 46 heavy (non-hydrogen) atoms. The fourth-order valence-corrected chi connectivity index (χ4v) is 7.34. The minimum Gasteiger partial charge on any atom is -0.0622 e. The third kappa shape index (κ3) is 4.30. The lowest BCUT2D eigenvalue weighted by Gasteiger charge is -2.18. The van der Waals surface area contributed by atoms with Gasteiger partial charge in [-0.15, -0.1) is 0 Å². The van der Waals surface area contributed by atoms with Gasteiger partial charge in [0.05, 0.1) is 0 Å². The second-order valence-corrected chi connectivity index (χ2v) is 12.1. The minimum atomic E-state index is 1.23. The third-order valence-corrected chi connectivity index (χ3v) is 9.44. The number of benzene rings is 9. The van der Waals surface area contributed by atoms with Gasteiger partial charge in [0.2, 0.25) is 0 Å². The molecule has 0 atom stereocenters. The Hall–Kier alpha value is -5.98. The van der Waals surface area contributed by atoms with Gasteiger partial charge in [-0.1, -0.05) is 170 Å². The third-order valence-electron chi connectivity index (χ3n) is 9.44. The summed E-state index contributed by atoms with van der Waals surface area (Å²) in [6.07, 6.45) is 0. The van der Waals surface area contributed by atoms with Gasteiger partial charge in [0.15, 0.2) is 0 Å². The highest BCUT2D eigenvalue weighted by molar-refractivity contribution is 6.22. The van der Waals surface area contributed by atoms with Crippen LogP contribution in [0.4, 0.5) is 0 Å². The van der Waals surface area contributed by atoms with Crippen LogP contribution >= 0.6 is 0 Å². The van der Waals surface area contributed by atoms with Crippen molar-refractivity contribution in [3.05, 3.63) is 182 Å². The topological polar surface area (TPSA) is 0 Å². The summed E-state index contributed by atoms with van der Waals surface area (Å²) in [5, 5.41) is 10.1. The van der Waals surface area contributed by atoms with Crippen LogP contribution < -0.4 is 0 Å². The summed E-state index contributed by atoms with van der Waals surface area (Å²) in [5.74, 6) is 0. The van der Waals surface area contributed by atoms with Crippen molar-refractivity contribution in [1.29, 1.82) is 0 Å². The first kappa shape index (κ1) is 26.4. The van der Waals surface area contributed by atoms with E-state index in [1.54, 1.807) is 0 Å². The Balaban J connectivity index is 1.30. The van der Waals surface area contributed by atoms with Crippen LogP contribution in [0.25, 0.3) is 87.6 Å². The molecule has 0 bridgehead atoms. The van der Waals surface area contributed by atoms with E-state index in [0.29, 0.717) is 0 Å². The van der Waals surface area contributed by atoms with Gasteiger partial charge in [0.1, 0.15) is 0 Å². The van der Waals surface area contributed by atoms with Crippen molar-refractivity contribution in [2.45, 2.75) is 0 Å². The van der Waals surface area contributed by atoms with Crippen molar-refractivity contribution >= 4 is 43.1 Å². The summed E-state index contributed by atoms with van der Waals surface area (Å²) in [4.78, 5) is 0. The fraction of sp³-hybridized carbons (Fsp3) is 0. The molecule has 214 valence electrons. The Morgan fingerprint density at radius 3 is 1.43 bits per heavy atom. The van der Waals surface area contributed by atoms with E-state index in [4.69, 9.17) is 0 Å². The van der Waals surface area contributed by atoms with Gasteiger partial charge in [-0.05, 0) is 99.7 Å². The normalized spacial score (nSPS) is 11.5. The van der Waals surface area contributed by atoms with Crippen LogP contribution in [0.15, 0.2) is 182 Å². The van der Waals surface area contributed by atoms with Crippen molar-refractivity contribution in [3.63, 3.8) is 0 Å². The van der Waals surface area contributed by atoms with Crippen LogP contribution in [-0.2, 0) is 0 Å². The summed E-state index contributed by atoms with van der Waals surface area (Å²) < 4.78 is 0. The molecule has 0 nitrogen and oxygen atoms in total. The number of rotatable bonds is 4. The van der Waals surface area contributed by atoms with Crippen molar-refractivity contribution < 1.29 is 0 Å². The summed E-state index contributed by atoms with van der Waals surface area (Å²) in [5.41, 5.74) is 10.0. The molecule has 0 fully saturated rings. The molecule has 0 aromatic heterocycles. The first-order valence-electron chi connectivity index (χ1n) is 15.9. The molecule has 0 amide bonds. The SMILES string of the molecule is c1ccc(-c2c3ccccc3c(-c3ccc4cccc(-c5ccccc5-c5ccc6ccccc6c5)c4c3)c3ccccc23)cc1. The van der Waals surface area contributed by atoms with Crippen LogP contribution in [-0.4, -0.2) is 0 Å². The zero-order valence-electron chi connectivity index (χ0n) is 25.3. The van der Waals surface area contributed by atoms with Gasteiger partial charge in [-0.3, -0.25) is 0 Å². The predicted octanol–water partition coefficient (Wildman–Crippen LogP) is 13.0. The second-order valence-electron chi connectivity index (χ2n) is 12.1. The van der Waals surface area contributed by atoms with Crippen molar-refractivity contribution in [1.82, 2.24) is 0 Å². The van der Waals surface area contributed by atoms with Crippen molar-refractivity contribution in [3.8, 4) is 44.5 Å². The average molecular weight is 583 g/mol. The maximum atomic E-state index is 2.41. The lowest BCUT2D eigenvalue weighted by Crippen LogP contribution is -1.91. The number of fused-ring (bicyclic) bond motifs is 4. The van der Waals surface area contributed by atoms with Gasteiger partial charge in [0.25, 0.3) is 0 Å². The summed E-state index contributed by atoms with van der Waals surface area (Å²) in [6, 6.07) is 66.5. The van der Waals surface area contributed by atoms with Crippen LogP contribution in [0.1, 0.15) is 0 Å². The monoisotopic (exact) mass is 582 g/mol. The van der Waals surface area contributed by atoms with Gasteiger partial charge >= 0.3 is 0 Å². The molecule has 0 heteroatoms. The second kappa shape index (κ2) is 10.9. The van der Waals surface area contributed by atoms with Gasteiger partial charge < -0.3 is 0 Å². The molecule has 0 radical (unpaired) electrons. The quantitative estimate of drug-likeness (QED) is 0.181. The molecule has 0 aliphatic heterocycles. The van der Waals surface area contributed by atoms with E-state index in [1.165, 1.54) is 87.6 Å². The Morgan fingerprint density at radius 2 is 0.717 bits per heavy atom. The van der Waals surface area contributed by atoms with E-state index in [0.717, 1.165) is 0 Å². The Kier molecular flexibility index (Phi) is 6.25. The maximum absolute atomic E-state index is 2.41. The smallest absolute Gasteiger partial charge is 0.00261 e. The predicted molar refractivity (Wildman–Crippen MR) is 198 cm³/mol. The molecule has 0 spiro atoms. The molecule has 0 saturated carbocycles. The van der Waals surface area contributed by atoms with Gasteiger partial charge in [-0.2, -0.15) is 0 Å². The van der Waals surface area contributed by atoms with Gasteiger partial charge in [0, 0.05) is 0 Å². The first-order chi connectivity index (χ1) is 22.8. The highest BCUT2D eigenvalue weighted by atomic mass is 14.2. The highest BCUT2D eigenvalue weighted by Crippen LogP contribution is 2.45. The Morgan fingerprint density at radius 1 is 0.217 bits per heavy atom. The molecule has 0 unspecified atom stereocenters. The summed E-state index contributed by atoms with van der Waals surface area (Å²) in [6.45, 7) is 0. The summed E-state index contributed by atoms with van der Waals surface area (Å²) >= 11 is 0. The molecule has 0 aliphatic carbocycles. The summed E-state index contributed by atoms with van der Waals surface area (Å²) in [7, 11) is 0. The van der Waals surface area contributed by atoms with Crippen molar-refractivity contribution in [2.75, 3.05) is 0 Å². The van der Waals surface area contributed by atoms with Gasteiger partial charge in [-0.25, -0.2) is 0 Å². The van der Waals surface area contributed by atoms with E-state index < -0.39 is 0 Å². The Labute approximate surface area is 268 Å². The lowest BCUT2D eigenvalue weighted by atomic mass is 9.85. The van der Waals surface area contributed by atoms with Crippen LogP contribution in [0.2, 0.25) is 0 Å². The van der Waals surface area contributed by atoms with Crippen LogP contribution in [0.5, 0.6) is 0 Å². The molecular weight excluding hydrogens is 553 g/mol. The minimum absolute atomic E-state index is 1.23. The van der Waals surface area contributed by atoms with Crippen LogP contribution in [0, 0.1) is 0 Å². The standard InChI is InChI=1S/C46H30/c1-2-14-33(15-3-1)45-40-20-8-10-22-42(40)46(43-23-11-9-21-41(43)45)36-28-26-32-17-12-24-39(44(32)30-36)38-19-7-6-18-37(38)35-27-25-31-13-4-5-16-34(31)29-35/h1-30H. The highest BCUT2D eigenvalue weighted by Gasteiger charge is 2.17. The number of hydrogen-bond acceptors (Lipinski definition) is 0. The average Bonchev–Trinajstić information content (AvgIpc) is 3.13.